The molecule has 4 aliphatic rings. The van der Waals surface area contributed by atoms with Gasteiger partial charge in [0, 0.05) is 63.7 Å². The van der Waals surface area contributed by atoms with Crippen LogP contribution in [0.2, 0.25) is 0 Å². The van der Waals surface area contributed by atoms with Crippen LogP contribution in [0.1, 0.15) is 161 Å². The van der Waals surface area contributed by atoms with Crippen LogP contribution in [0.25, 0.3) is 0 Å². The van der Waals surface area contributed by atoms with E-state index in [1.54, 1.807) is 0 Å². The van der Waals surface area contributed by atoms with Crippen LogP contribution in [-0.2, 0) is 71.6 Å². The zero-order valence-electron chi connectivity index (χ0n) is 52.5. The molecule has 33 nitrogen and oxygen atoms in total. The lowest BCUT2D eigenvalue weighted by atomic mass is 9.82. The summed E-state index contributed by atoms with van der Waals surface area (Å²) in [5, 5.41) is 135. The lowest BCUT2D eigenvalue weighted by Crippen LogP contribution is -2.59. The molecule has 0 aliphatic carbocycles. The molecule has 0 saturated carbocycles. The van der Waals surface area contributed by atoms with Crippen molar-refractivity contribution in [3.63, 3.8) is 0 Å². The highest BCUT2D eigenvalue weighted by Gasteiger charge is 2.47. The number of nitrogens with zero attached hydrogens (tertiary/aromatic N) is 1. The summed E-state index contributed by atoms with van der Waals surface area (Å²) < 4.78 is 32.6. The van der Waals surface area contributed by atoms with Crippen LogP contribution in [0.4, 0.5) is 0 Å². The molecule has 4 heterocycles. The Kier molecular flexibility index (Phi) is 36.9. The summed E-state index contributed by atoms with van der Waals surface area (Å²) in [4.78, 5) is 112. The number of unbranched alkanes of at least 4 members (excludes halogenated alkanes) is 11. The first-order valence-corrected chi connectivity index (χ1v) is 32.2. The molecule has 0 aromatic heterocycles. The van der Waals surface area contributed by atoms with Gasteiger partial charge in [-0.05, 0) is 38.5 Å². The molecule has 0 aromatic carbocycles. The number of aliphatic hydroxyl groups excluding tert-OH is 12. The quantitative estimate of drug-likeness (QED) is 0.0201. The van der Waals surface area contributed by atoms with Crippen molar-refractivity contribution >= 4 is 47.3 Å². The molecule has 7 amide bonds. The van der Waals surface area contributed by atoms with E-state index >= 15 is 0 Å². The van der Waals surface area contributed by atoms with Crippen molar-refractivity contribution in [1.29, 1.82) is 0 Å². The van der Waals surface area contributed by atoms with Crippen LogP contribution >= 0.6 is 0 Å². The van der Waals surface area contributed by atoms with Crippen LogP contribution in [0, 0.1) is 0 Å². The molecular weight excluding hydrogens is 1220 g/mol. The molecule has 0 radical (unpaired) electrons. The van der Waals surface area contributed by atoms with Gasteiger partial charge in [-0.25, -0.2) is 4.79 Å². The number of hydrogen-bond acceptors (Lipinski definition) is 27. The molecule has 33 heteroatoms. The summed E-state index contributed by atoms with van der Waals surface area (Å²) in [6, 6.07) is -1.52. The van der Waals surface area contributed by atoms with Gasteiger partial charge < -0.3 is 121 Å². The first-order valence-electron chi connectivity index (χ1n) is 32.2. The fourth-order valence-electron chi connectivity index (χ4n) is 10.9. The number of hydroxylamine groups is 2. The van der Waals surface area contributed by atoms with E-state index in [9.17, 15) is 99.6 Å². The third kappa shape index (κ3) is 26.8. The Morgan fingerprint density at radius 2 is 0.848 bits per heavy atom. The maximum Gasteiger partial charge on any atom is 0.333 e. The van der Waals surface area contributed by atoms with E-state index in [1.807, 2.05) is 0 Å². The Labute approximate surface area is 534 Å². The zero-order valence-corrected chi connectivity index (χ0v) is 52.5. The van der Waals surface area contributed by atoms with Crippen molar-refractivity contribution < 1.29 is 133 Å². The van der Waals surface area contributed by atoms with Gasteiger partial charge in [-0.15, -0.1) is 5.06 Å². The first-order chi connectivity index (χ1) is 44.0. The first kappa shape index (κ1) is 79.7. The van der Waals surface area contributed by atoms with E-state index in [4.69, 9.17) is 33.3 Å². The number of rotatable bonds is 45. The normalized spacial score (nSPS) is 27.9. The summed E-state index contributed by atoms with van der Waals surface area (Å²) in [6.45, 7) is -1.59. The van der Waals surface area contributed by atoms with E-state index in [2.05, 4.69) is 33.5 Å². The summed E-state index contributed by atoms with van der Waals surface area (Å²) in [6.07, 6.45) is -14.7. The van der Waals surface area contributed by atoms with Gasteiger partial charge in [-0.1, -0.05) is 77.6 Å². The molecule has 530 valence electrons. The lowest BCUT2D eigenvalue weighted by molar-refractivity contribution is -0.300. The summed E-state index contributed by atoms with van der Waals surface area (Å²) in [5.74, 6) is -5.98. The molecule has 0 bridgehead atoms. The van der Waals surface area contributed by atoms with Gasteiger partial charge in [0.15, 0.2) is 18.9 Å². The van der Waals surface area contributed by atoms with Gasteiger partial charge in [0.2, 0.25) is 29.5 Å². The van der Waals surface area contributed by atoms with Crippen LogP contribution in [0.15, 0.2) is 0 Å². The average molecular weight is 1330 g/mol. The summed E-state index contributed by atoms with van der Waals surface area (Å²) >= 11 is 0. The minimum atomic E-state index is -1.74. The number of imide groups is 1. The van der Waals surface area contributed by atoms with Crippen LogP contribution < -0.4 is 26.6 Å². The van der Waals surface area contributed by atoms with E-state index in [1.165, 1.54) is 32.1 Å². The Morgan fingerprint density at radius 3 is 1.24 bits per heavy atom. The Bertz CT molecular complexity index is 2160. The number of ether oxygens (including phenoxy) is 6. The predicted molar refractivity (Wildman–Crippen MR) is 315 cm³/mol. The number of aliphatic hydroxyl groups is 12. The largest absolute Gasteiger partial charge is 0.394 e. The van der Waals surface area contributed by atoms with Crippen LogP contribution in [0.5, 0.6) is 0 Å². The number of amides is 7. The van der Waals surface area contributed by atoms with E-state index in [0.29, 0.717) is 17.9 Å². The van der Waals surface area contributed by atoms with E-state index in [-0.39, 0.29) is 90.8 Å². The average Bonchev–Trinajstić information content (AvgIpc) is 3.48. The molecule has 4 saturated heterocycles. The van der Waals surface area contributed by atoms with Crippen LogP contribution in [-0.4, -0.2) is 277 Å². The van der Waals surface area contributed by atoms with Crippen molar-refractivity contribution in [2.45, 2.75) is 265 Å². The second-order valence-corrected chi connectivity index (χ2v) is 23.7. The van der Waals surface area contributed by atoms with Crippen molar-refractivity contribution in [2.75, 3.05) is 59.3 Å². The second kappa shape index (κ2) is 42.6. The van der Waals surface area contributed by atoms with Crippen LogP contribution in [0.3, 0.4) is 0 Å². The standard InChI is InChI=1S/C59H102N6O27/c1-2-3-4-5-6-7-8-9-10-11-12-13-15-42(72)63-35(17-20-45(75)92-65-43(73)18-19-44(65)74)55(85)64-59(24-21-40(70)61-27-30-87-57-53(83)50(80)47(77)37(33-67)90-57,25-22-41(71)62-28-31-88-58-54(84)51(81)48(78)38(34-68)91-58)23-14-16-39(69)60-26-29-86-56-52(82)49(79)46(76)36(32-66)89-56/h35-38,46-54,56-58,66-68,76-84H,2-34H2,1H3,(H,60,69)(H,61,70)(H,62,71)(H,63,72)(H,64,85)/t35-,36+,37+,38+,46+,47+,48+,49-,50-,51-,52-,53-,54-,56-,57-,58-/m0/s1. The Balaban J connectivity index is 1.56. The van der Waals surface area contributed by atoms with Gasteiger partial charge in [-0.2, -0.15) is 0 Å². The highest BCUT2D eigenvalue weighted by Crippen LogP contribution is 2.29. The number of hydrogen-bond donors (Lipinski definition) is 17. The topological polar surface area (TPSA) is 507 Å². The molecule has 0 aromatic rings. The van der Waals surface area contributed by atoms with Crippen molar-refractivity contribution in [3.05, 3.63) is 0 Å². The molecule has 0 spiro atoms. The minimum absolute atomic E-state index is 0.0171. The van der Waals surface area contributed by atoms with E-state index < -0.39 is 197 Å². The van der Waals surface area contributed by atoms with E-state index in [0.717, 1.165) is 32.1 Å². The van der Waals surface area contributed by atoms with Gasteiger partial charge in [0.1, 0.15) is 79.3 Å². The number of carbonyl (C=O) groups excluding carboxylic acids is 8. The number of carbonyl (C=O) groups is 8. The second-order valence-electron chi connectivity index (χ2n) is 23.7. The minimum Gasteiger partial charge on any atom is -0.394 e. The Morgan fingerprint density at radius 1 is 0.478 bits per heavy atom. The fraction of sp³-hybridized carbons (Fsp3) is 0.864. The molecule has 92 heavy (non-hydrogen) atoms. The van der Waals surface area contributed by atoms with Crippen molar-refractivity contribution in [3.8, 4) is 0 Å². The molecule has 17 N–H and O–H groups in total. The highest BCUT2D eigenvalue weighted by molar-refractivity contribution is 6.01. The maximum atomic E-state index is 14.9. The lowest BCUT2D eigenvalue weighted by Gasteiger charge is -2.39. The third-order valence-corrected chi connectivity index (χ3v) is 16.5. The summed E-state index contributed by atoms with van der Waals surface area (Å²) in [7, 11) is 0. The Hall–Kier alpha value is -4.76. The molecular formula is C59H102N6O27. The maximum absolute atomic E-state index is 14.9. The van der Waals surface area contributed by atoms with Gasteiger partial charge in [-0.3, -0.25) is 33.6 Å². The highest BCUT2D eigenvalue weighted by atomic mass is 16.7. The smallest absolute Gasteiger partial charge is 0.333 e. The van der Waals surface area contributed by atoms with Gasteiger partial charge in [0.05, 0.1) is 46.1 Å². The summed E-state index contributed by atoms with van der Waals surface area (Å²) in [5.41, 5.74) is -1.63. The predicted octanol–water partition coefficient (Wildman–Crippen LogP) is -4.67. The molecule has 4 aliphatic heterocycles. The zero-order chi connectivity index (χ0) is 67.8. The third-order valence-electron chi connectivity index (χ3n) is 16.5. The SMILES string of the molecule is CCCCCCCCCCCCCCC(=O)N[C@@H](CCC(=O)ON1C(=O)CCC1=O)C(=O)NC(CCCC(=O)NCCO[C@H]1O[C@H](CO)[C@@H](O)[C@H](O)[C@@H]1O)(CCC(=O)NCCO[C@H]1O[C@H](CO)[C@@H](O)[C@H](O)[C@@H]1O)CCC(=O)NCCO[C@H]1O[C@H](CO)[C@@H](O)[C@H](O)[C@@H]1O. The molecule has 0 unspecified atom stereocenters. The van der Waals surface area contributed by atoms with Gasteiger partial charge in [0.25, 0.3) is 11.8 Å². The fourth-order valence-corrected chi connectivity index (χ4v) is 10.9. The molecule has 4 rings (SSSR count). The monoisotopic (exact) mass is 1330 g/mol. The van der Waals surface area contributed by atoms with Crippen molar-refractivity contribution in [2.24, 2.45) is 0 Å². The van der Waals surface area contributed by atoms with Crippen molar-refractivity contribution in [1.82, 2.24) is 31.6 Å². The molecule has 4 fully saturated rings. The molecule has 16 atom stereocenters. The number of nitrogens with one attached hydrogen (secondary N) is 5. The van der Waals surface area contributed by atoms with Gasteiger partial charge >= 0.3 is 5.97 Å².